The summed E-state index contributed by atoms with van der Waals surface area (Å²) >= 11 is 0. The van der Waals surface area contributed by atoms with Gasteiger partial charge in [-0.3, -0.25) is 9.59 Å². The van der Waals surface area contributed by atoms with E-state index in [-0.39, 0.29) is 24.9 Å². The molecule has 0 bridgehead atoms. The SMILES string of the molecule is Cc1ccc(OCC(=O)N2CCC[C@@H](CCC(=O)O)C2)cc1C. The number of piperidine rings is 1. The fraction of sp³-hybridized carbons (Fsp3) is 0.556. The molecule has 1 saturated heterocycles. The lowest BCUT2D eigenvalue weighted by molar-refractivity contribution is -0.137. The number of nitrogens with zero attached hydrogens (tertiary/aromatic N) is 1. The van der Waals surface area contributed by atoms with Crippen molar-refractivity contribution in [2.75, 3.05) is 19.7 Å². The van der Waals surface area contributed by atoms with Gasteiger partial charge in [-0.25, -0.2) is 0 Å². The smallest absolute Gasteiger partial charge is 0.303 e. The number of carbonyl (C=O) groups excluding carboxylic acids is 1. The minimum absolute atomic E-state index is 0.0248. The summed E-state index contributed by atoms with van der Waals surface area (Å²) < 4.78 is 5.60. The summed E-state index contributed by atoms with van der Waals surface area (Å²) in [5, 5.41) is 8.77. The van der Waals surface area contributed by atoms with Crippen LogP contribution in [0.4, 0.5) is 0 Å². The average molecular weight is 319 g/mol. The van der Waals surface area contributed by atoms with Crippen molar-refractivity contribution in [2.45, 2.75) is 39.5 Å². The van der Waals surface area contributed by atoms with Crippen LogP contribution in [0.15, 0.2) is 18.2 Å². The fourth-order valence-electron chi connectivity index (χ4n) is 2.89. The highest BCUT2D eigenvalue weighted by molar-refractivity contribution is 5.77. The van der Waals surface area contributed by atoms with Crippen LogP contribution in [0.5, 0.6) is 5.75 Å². The number of rotatable bonds is 6. The molecule has 0 aromatic heterocycles. The highest BCUT2D eigenvalue weighted by Gasteiger charge is 2.24. The zero-order valence-corrected chi connectivity index (χ0v) is 13.9. The Morgan fingerprint density at radius 2 is 2.09 bits per heavy atom. The Morgan fingerprint density at radius 1 is 1.30 bits per heavy atom. The van der Waals surface area contributed by atoms with Crippen LogP contribution in [-0.2, 0) is 9.59 Å². The molecule has 1 aromatic rings. The Labute approximate surface area is 137 Å². The second kappa shape index (κ2) is 7.99. The number of aliphatic carboxylic acids is 1. The van der Waals surface area contributed by atoms with Crippen molar-refractivity contribution < 1.29 is 19.4 Å². The molecule has 1 heterocycles. The average Bonchev–Trinajstić information content (AvgIpc) is 2.54. The summed E-state index contributed by atoms with van der Waals surface area (Å²) in [4.78, 5) is 24.8. The third-order valence-corrected chi connectivity index (χ3v) is 4.48. The molecule has 0 unspecified atom stereocenters. The number of aryl methyl sites for hydroxylation is 2. The van der Waals surface area contributed by atoms with Crippen molar-refractivity contribution in [1.82, 2.24) is 4.90 Å². The standard InChI is InChI=1S/C18H25NO4/c1-13-5-7-16(10-14(13)2)23-12-17(20)19-9-3-4-15(11-19)6-8-18(21)22/h5,7,10,15H,3-4,6,8-9,11-12H2,1-2H3,(H,21,22)/t15-/m0/s1. The topological polar surface area (TPSA) is 66.8 Å². The number of benzene rings is 1. The fourth-order valence-corrected chi connectivity index (χ4v) is 2.89. The predicted molar refractivity (Wildman–Crippen MR) is 87.6 cm³/mol. The van der Waals surface area contributed by atoms with Crippen LogP contribution >= 0.6 is 0 Å². The van der Waals surface area contributed by atoms with Crippen LogP contribution in [0.3, 0.4) is 0 Å². The minimum Gasteiger partial charge on any atom is -0.484 e. The van der Waals surface area contributed by atoms with E-state index in [0.717, 1.165) is 24.9 Å². The van der Waals surface area contributed by atoms with E-state index in [1.165, 1.54) is 5.56 Å². The van der Waals surface area contributed by atoms with E-state index < -0.39 is 5.97 Å². The third-order valence-electron chi connectivity index (χ3n) is 4.48. The lowest BCUT2D eigenvalue weighted by atomic mass is 9.93. The molecule has 5 heteroatoms. The molecule has 1 aliphatic rings. The van der Waals surface area contributed by atoms with Crippen LogP contribution in [0.1, 0.15) is 36.8 Å². The van der Waals surface area contributed by atoms with E-state index >= 15 is 0 Å². The second-order valence-corrected chi connectivity index (χ2v) is 6.32. The molecule has 0 aliphatic carbocycles. The first-order valence-corrected chi connectivity index (χ1v) is 8.15. The molecule has 1 amide bonds. The van der Waals surface area contributed by atoms with E-state index in [2.05, 4.69) is 0 Å². The Kier molecular flexibility index (Phi) is 6.02. The van der Waals surface area contributed by atoms with Crippen LogP contribution < -0.4 is 4.74 Å². The van der Waals surface area contributed by atoms with Gasteiger partial charge in [0.1, 0.15) is 5.75 Å². The number of amides is 1. The number of likely N-dealkylation sites (tertiary alicyclic amines) is 1. The first-order chi connectivity index (χ1) is 11.0. The van der Waals surface area contributed by atoms with Gasteiger partial charge in [0.25, 0.3) is 5.91 Å². The van der Waals surface area contributed by atoms with E-state index in [1.807, 2.05) is 32.0 Å². The van der Waals surface area contributed by atoms with Crippen LogP contribution in [0.25, 0.3) is 0 Å². The minimum atomic E-state index is -0.772. The molecular weight excluding hydrogens is 294 g/mol. The quantitative estimate of drug-likeness (QED) is 0.875. The van der Waals surface area contributed by atoms with E-state index in [1.54, 1.807) is 4.90 Å². The molecule has 2 rings (SSSR count). The highest BCUT2D eigenvalue weighted by Crippen LogP contribution is 2.21. The van der Waals surface area contributed by atoms with Gasteiger partial charge < -0.3 is 14.7 Å². The van der Waals surface area contributed by atoms with Crippen LogP contribution in [-0.4, -0.2) is 41.6 Å². The maximum absolute atomic E-state index is 12.3. The van der Waals surface area contributed by atoms with Gasteiger partial charge in [0.2, 0.25) is 0 Å². The van der Waals surface area contributed by atoms with Gasteiger partial charge in [0.15, 0.2) is 6.61 Å². The van der Waals surface area contributed by atoms with Crippen molar-refractivity contribution in [3.63, 3.8) is 0 Å². The number of carbonyl (C=O) groups is 2. The summed E-state index contributed by atoms with van der Waals surface area (Å²) in [7, 11) is 0. The number of carboxylic acid groups (broad SMARTS) is 1. The molecule has 1 atom stereocenters. The highest BCUT2D eigenvalue weighted by atomic mass is 16.5. The lowest BCUT2D eigenvalue weighted by Crippen LogP contribution is -2.42. The molecule has 23 heavy (non-hydrogen) atoms. The Bertz CT molecular complexity index is 570. The summed E-state index contributed by atoms with van der Waals surface area (Å²) in [5.74, 6) is 0.195. The molecule has 1 aliphatic heterocycles. The van der Waals surface area contributed by atoms with Gasteiger partial charge >= 0.3 is 5.97 Å². The zero-order chi connectivity index (χ0) is 16.8. The first-order valence-electron chi connectivity index (χ1n) is 8.15. The maximum Gasteiger partial charge on any atom is 0.303 e. The maximum atomic E-state index is 12.3. The molecular formula is C18H25NO4. The van der Waals surface area contributed by atoms with Crippen molar-refractivity contribution in [3.8, 4) is 5.75 Å². The van der Waals surface area contributed by atoms with Gasteiger partial charge in [0.05, 0.1) is 0 Å². The van der Waals surface area contributed by atoms with E-state index in [9.17, 15) is 9.59 Å². The van der Waals surface area contributed by atoms with Crippen molar-refractivity contribution in [2.24, 2.45) is 5.92 Å². The molecule has 126 valence electrons. The van der Waals surface area contributed by atoms with Crippen molar-refractivity contribution in [3.05, 3.63) is 29.3 Å². The van der Waals surface area contributed by atoms with Crippen LogP contribution in [0.2, 0.25) is 0 Å². The summed E-state index contributed by atoms with van der Waals surface area (Å²) in [6, 6.07) is 5.80. The molecule has 1 N–H and O–H groups in total. The van der Waals surface area contributed by atoms with Crippen molar-refractivity contribution in [1.29, 1.82) is 0 Å². The molecule has 5 nitrogen and oxygen atoms in total. The molecule has 1 aromatic carbocycles. The van der Waals surface area contributed by atoms with Crippen molar-refractivity contribution >= 4 is 11.9 Å². The summed E-state index contributed by atoms with van der Waals surface area (Å²) in [6.07, 6.45) is 2.73. The lowest BCUT2D eigenvalue weighted by Gasteiger charge is -2.32. The van der Waals surface area contributed by atoms with E-state index in [4.69, 9.17) is 9.84 Å². The second-order valence-electron chi connectivity index (χ2n) is 6.32. The third kappa shape index (κ3) is 5.27. The Hall–Kier alpha value is -2.04. The largest absolute Gasteiger partial charge is 0.484 e. The Balaban J connectivity index is 1.82. The van der Waals surface area contributed by atoms with E-state index in [0.29, 0.717) is 18.7 Å². The molecule has 0 radical (unpaired) electrons. The van der Waals surface area contributed by atoms with Crippen LogP contribution in [0, 0.1) is 19.8 Å². The zero-order valence-electron chi connectivity index (χ0n) is 13.9. The number of hydrogen-bond donors (Lipinski definition) is 1. The molecule has 1 fully saturated rings. The predicted octanol–water partition coefficient (Wildman–Crippen LogP) is 2.79. The molecule has 0 saturated carbocycles. The van der Waals surface area contributed by atoms with Gasteiger partial charge in [-0.15, -0.1) is 0 Å². The monoisotopic (exact) mass is 319 g/mol. The first kappa shape index (κ1) is 17.3. The molecule has 0 spiro atoms. The number of hydrogen-bond acceptors (Lipinski definition) is 3. The van der Waals surface area contributed by atoms with Gasteiger partial charge in [-0.05, 0) is 62.3 Å². The summed E-state index contributed by atoms with van der Waals surface area (Å²) in [6.45, 7) is 5.46. The normalized spacial score (nSPS) is 17.8. The van der Waals surface area contributed by atoms with Gasteiger partial charge in [-0.2, -0.15) is 0 Å². The number of ether oxygens (including phenoxy) is 1. The van der Waals surface area contributed by atoms with Gasteiger partial charge in [0, 0.05) is 19.5 Å². The Morgan fingerprint density at radius 3 is 2.78 bits per heavy atom. The summed E-state index contributed by atoms with van der Waals surface area (Å²) in [5.41, 5.74) is 2.34. The van der Waals surface area contributed by atoms with Gasteiger partial charge in [-0.1, -0.05) is 6.07 Å². The number of carboxylic acids is 1.